The van der Waals surface area contributed by atoms with E-state index in [0.717, 1.165) is 12.8 Å². The molecule has 0 aliphatic heterocycles. The third-order valence-corrected chi connectivity index (χ3v) is 4.48. The van der Waals surface area contributed by atoms with Gasteiger partial charge in [-0.2, -0.15) is 0 Å². The first-order valence-corrected chi connectivity index (χ1v) is 6.86. The molecule has 100 valence electrons. The van der Waals surface area contributed by atoms with Crippen LogP contribution >= 0.6 is 0 Å². The second kappa shape index (κ2) is 4.47. The summed E-state index contributed by atoms with van der Waals surface area (Å²) in [7, 11) is 0. The van der Waals surface area contributed by atoms with Gasteiger partial charge in [0.15, 0.2) is 0 Å². The Bertz CT molecular complexity index is 271. The van der Waals surface area contributed by atoms with Crippen LogP contribution in [0.2, 0.25) is 0 Å². The number of rotatable bonds is 6. The molecule has 0 spiro atoms. The molecule has 2 aliphatic rings. The first-order chi connectivity index (χ1) is 7.84. The lowest BCUT2D eigenvalue weighted by Gasteiger charge is -2.22. The zero-order valence-corrected chi connectivity index (χ0v) is 10.9. The number of hydrogen-bond acceptors (Lipinski definition) is 0. The van der Waals surface area contributed by atoms with Crippen molar-refractivity contribution in [2.24, 2.45) is 29.6 Å². The van der Waals surface area contributed by atoms with Crippen molar-refractivity contribution < 1.29 is 13.2 Å². The van der Waals surface area contributed by atoms with Crippen molar-refractivity contribution in [3.8, 4) is 0 Å². The molecule has 2 rings (SSSR count). The van der Waals surface area contributed by atoms with Crippen molar-refractivity contribution in [3.63, 3.8) is 0 Å². The van der Waals surface area contributed by atoms with Crippen molar-refractivity contribution in [1.29, 1.82) is 0 Å². The fourth-order valence-corrected chi connectivity index (χ4v) is 2.89. The maximum atomic E-state index is 13.8. The molecule has 17 heavy (non-hydrogen) atoms. The Labute approximate surface area is 102 Å². The Hall–Kier alpha value is -0.210. The molecule has 2 fully saturated rings. The van der Waals surface area contributed by atoms with E-state index < -0.39 is 23.9 Å². The van der Waals surface area contributed by atoms with E-state index in [0.29, 0.717) is 12.8 Å². The van der Waals surface area contributed by atoms with Crippen molar-refractivity contribution in [2.45, 2.75) is 58.5 Å². The molecule has 0 N–H and O–H groups in total. The van der Waals surface area contributed by atoms with Gasteiger partial charge in [-0.25, -0.2) is 13.2 Å². The van der Waals surface area contributed by atoms with Gasteiger partial charge in [0, 0.05) is 11.8 Å². The Morgan fingerprint density at radius 2 is 1.76 bits per heavy atom. The van der Waals surface area contributed by atoms with Crippen LogP contribution in [-0.2, 0) is 0 Å². The zero-order chi connectivity index (χ0) is 12.8. The predicted octanol–water partition coefficient (Wildman–Crippen LogP) is 4.69. The predicted molar refractivity (Wildman–Crippen MR) is 62.8 cm³/mol. The number of alkyl halides is 3. The van der Waals surface area contributed by atoms with E-state index in [1.807, 2.05) is 6.92 Å². The van der Waals surface area contributed by atoms with E-state index in [1.165, 1.54) is 0 Å². The number of halogens is 3. The molecule has 0 saturated heterocycles. The maximum Gasteiger partial charge on any atom is 0.253 e. The lowest BCUT2D eigenvalue weighted by atomic mass is 9.93. The van der Waals surface area contributed by atoms with Gasteiger partial charge in [0.05, 0.1) is 0 Å². The monoisotopic (exact) mass is 248 g/mol. The van der Waals surface area contributed by atoms with E-state index in [-0.39, 0.29) is 17.8 Å². The van der Waals surface area contributed by atoms with E-state index in [2.05, 4.69) is 0 Å². The summed E-state index contributed by atoms with van der Waals surface area (Å²) in [6.07, 6.45) is 2.45. The minimum absolute atomic E-state index is 0.0412. The molecule has 0 bridgehead atoms. The highest BCUT2D eigenvalue weighted by Gasteiger charge is 2.56. The Morgan fingerprint density at radius 1 is 1.18 bits per heavy atom. The largest absolute Gasteiger partial charge is 0.253 e. The van der Waals surface area contributed by atoms with Crippen LogP contribution in [0.3, 0.4) is 0 Å². The maximum absolute atomic E-state index is 13.8. The van der Waals surface area contributed by atoms with Crippen LogP contribution in [0.25, 0.3) is 0 Å². The highest BCUT2D eigenvalue weighted by Crippen LogP contribution is 2.55. The Morgan fingerprint density at radius 3 is 2.24 bits per heavy atom. The fourth-order valence-electron chi connectivity index (χ4n) is 2.89. The van der Waals surface area contributed by atoms with Gasteiger partial charge in [-0.3, -0.25) is 0 Å². The van der Waals surface area contributed by atoms with Crippen LogP contribution < -0.4 is 0 Å². The third kappa shape index (κ3) is 2.79. The standard InChI is InChI=1S/C14H23F3/c1-8(2)14(16,17)12-7-11(12)6-9(3)13(15)10-4-5-10/h8-13H,4-7H2,1-3H3. The lowest BCUT2D eigenvalue weighted by Crippen LogP contribution is -2.28. The van der Waals surface area contributed by atoms with Crippen LogP contribution in [0, 0.1) is 29.6 Å². The summed E-state index contributed by atoms with van der Waals surface area (Å²) in [6, 6.07) is 0. The second-order valence-corrected chi connectivity index (χ2v) is 6.43. The van der Waals surface area contributed by atoms with Crippen LogP contribution in [-0.4, -0.2) is 12.1 Å². The van der Waals surface area contributed by atoms with Crippen molar-refractivity contribution >= 4 is 0 Å². The van der Waals surface area contributed by atoms with Crippen LogP contribution in [0.15, 0.2) is 0 Å². The highest BCUT2D eigenvalue weighted by atomic mass is 19.3. The topological polar surface area (TPSA) is 0 Å². The van der Waals surface area contributed by atoms with Crippen LogP contribution in [0.4, 0.5) is 13.2 Å². The molecule has 0 nitrogen and oxygen atoms in total. The molecule has 0 aromatic carbocycles. The summed E-state index contributed by atoms with van der Waals surface area (Å²) in [5.41, 5.74) is 0. The van der Waals surface area contributed by atoms with E-state index in [1.54, 1.807) is 13.8 Å². The van der Waals surface area contributed by atoms with Gasteiger partial charge < -0.3 is 0 Å². The molecule has 4 atom stereocenters. The van der Waals surface area contributed by atoms with Crippen molar-refractivity contribution in [2.75, 3.05) is 0 Å². The molecule has 0 radical (unpaired) electrons. The molecule has 3 heteroatoms. The van der Waals surface area contributed by atoms with Gasteiger partial charge in [0.1, 0.15) is 6.17 Å². The second-order valence-electron chi connectivity index (χ2n) is 6.43. The molecule has 0 aromatic rings. The molecular weight excluding hydrogens is 225 g/mol. The summed E-state index contributed by atoms with van der Waals surface area (Å²) in [5, 5.41) is 0. The minimum Gasteiger partial charge on any atom is -0.247 e. The quantitative estimate of drug-likeness (QED) is 0.639. The summed E-state index contributed by atoms with van der Waals surface area (Å²) >= 11 is 0. The summed E-state index contributed by atoms with van der Waals surface area (Å²) in [4.78, 5) is 0. The minimum atomic E-state index is -2.56. The lowest BCUT2D eigenvalue weighted by molar-refractivity contribution is -0.0714. The van der Waals surface area contributed by atoms with Gasteiger partial charge in [0.25, 0.3) is 5.92 Å². The van der Waals surface area contributed by atoms with Gasteiger partial charge >= 0.3 is 0 Å². The Balaban J connectivity index is 1.79. The highest BCUT2D eigenvalue weighted by molar-refractivity contribution is 4.99. The van der Waals surface area contributed by atoms with Crippen LogP contribution in [0.1, 0.15) is 46.5 Å². The van der Waals surface area contributed by atoms with E-state index in [9.17, 15) is 13.2 Å². The van der Waals surface area contributed by atoms with Gasteiger partial charge in [-0.15, -0.1) is 0 Å². The fraction of sp³-hybridized carbons (Fsp3) is 1.00. The van der Waals surface area contributed by atoms with Gasteiger partial charge in [0.2, 0.25) is 0 Å². The summed E-state index contributed by atoms with van der Waals surface area (Å²) in [6.45, 7) is 5.02. The van der Waals surface area contributed by atoms with Crippen molar-refractivity contribution in [1.82, 2.24) is 0 Å². The van der Waals surface area contributed by atoms with Gasteiger partial charge in [-0.1, -0.05) is 20.8 Å². The molecule has 4 unspecified atom stereocenters. The molecule has 0 heterocycles. The molecule has 0 amide bonds. The average molecular weight is 248 g/mol. The normalized spacial score (nSPS) is 32.6. The summed E-state index contributed by atoms with van der Waals surface area (Å²) in [5.74, 6) is -3.41. The third-order valence-electron chi connectivity index (χ3n) is 4.48. The SMILES string of the molecule is CC(CC1CC1C(F)(F)C(C)C)C(F)C1CC1. The van der Waals surface area contributed by atoms with E-state index in [4.69, 9.17) is 0 Å². The Kier molecular flexibility index (Phi) is 3.48. The first kappa shape index (κ1) is 13.2. The van der Waals surface area contributed by atoms with Crippen LogP contribution in [0.5, 0.6) is 0 Å². The number of hydrogen-bond donors (Lipinski definition) is 0. The molecule has 2 aliphatic carbocycles. The average Bonchev–Trinajstić information content (AvgIpc) is 3.10. The van der Waals surface area contributed by atoms with Gasteiger partial charge in [-0.05, 0) is 43.4 Å². The zero-order valence-electron chi connectivity index (χ0n) is 10.9. The first-order valence-electron chi connectivity index (χ1n) is 6.86. The van der Waals surface area contributed by atoms with E-state index >= 15 is 0 Å². The molecule has 2 saturated carbocycles. The smallest absolute Gasteiger partial charge is 0.247 e. The molecular formula is C14H23F3. The molecule has 0 aromatic heterocycles. The summed E-state index contributed by atoms with van der Waals surface area (Å²) < 4.78 is 41.2. The van der Waals surface area contributed by atoms with Crippen molar-refractivity contribution in [3.05, 3.63) is 0 Å².